The van der Waals surface area contributed by atoms with Crippen LogP contribution in [0, 0.1) is 5.92 Å². The monoisotopic (exact) mass is 375 g/mol. The second-order valence-corrected chi connectivity index (χ2v) is 6.05. The number of methoxy groups -OCH3 is 1. The van der Waals surface area contributed by atoms with E-state index >= 15 is 0 Å². The molecule has 0 aromatic heterocycles. The number of hydrogen-bond acceptors (Lipinski definition) is 7. The summed E-state index contributed by atoms with van der Waals surface area (Å²) < 4.78 is 15.6. The number of esters is 2. The van der Waals surface area contributed by atoms with Crippen molar-refractivity contribution >= 4 is 11.9 Å². The van der Waals surface area contributed by atoms with Crippen LogP contribution in [0.1, 0.15) is 32.3 Å². The minimum atomic E-state index is -0.831. The Labute approximate surface area is 158 Å². The van der Waals surface area contributed by atoms with Gasteiger partial charge in [-0.15, -0.1) is 0 Å². The highest BCUT2D eigenvalue weighted by Crippen LogP contribution is 2.43. The highest BCUT2D eigenvalue weighted by atomic mass is 16.5. The lowest BCUT2D eigenvalue weighted by Gasteiger charge is -2.35. The van der Waals surface area contributed by atoms with Crippen LogP contribution < -0.4 is 10.1 Å². The quantitative estimate of drug-likeness (QED) is 0.738. The minimum Gasteiger partial charge on any atom is -0.504 e. The van der Waals surface area contributed by atoms with Crippen LogP contribution in [0.25, 0.3) is 0 Å². The molecule has 2 atom stereocenters. The summed E-state index contributed by atoms with van der Waals surface area (Å²) >= 11 is 0. The number of aromatic hydroxyl groups is 1. The molecule has 27 heavy (non-hydrogen) atoms. The molecule has 1 aromatic carbocycles. The number of nitrogens with one attached hydrogen (secondary N) is 1. The maximum atomic E-state index is 12.7. The van der Waals surface area contributed by atoms with Gasteiger partial charge in [-0.2, -0.15) is 0 Å². The first-order valence-electron chi connectivity index (χ1n) is 8.72. The summed E-state index contributed by atoms with van der Waals surface area (Å²) in [4.78, 5) is 25.3. The van der Waals surface area contributed by atoms with Crippen molar-refractivity contribution in [3.05, 3.63) is 47.3 Å². The molecule has 0 aliphatic carbocycles. The maximum absolute atomic E-state index is 12.7. The lowest BCUT2D eigenvalue weighted by atomic mass is 9.75. The fraction of sp³-hybridized carbons (Fsp3) is 0.400. The van der Waals surface area contributed by atoms with Gasteiger partial charge in [0.1, 0.15) is 5.92 Å². The van der Waals surface area contributed by atoms with Gasteiger partial charge in [-0.25, -0.2) is 4.79 Å². The molecule has 0 radical (unpaired) electrons. The molecule has 0 amide bonds. The minimum absolute atomic E-state index is 0.0416. The van der Waals surface area contributed by atoms with Gasteiger partial charge < -0.3 is 24.6 Å². The largest absolute Gasteiger partial charge is 0.504 e. The molecule has 2 N–H and O–H groups in total. The number of allylic oxidation sites excluding steroid dienone is 1. The Morgan fingerprint density at radius 1 is 1.22 bits per heavy atom. The SMILES string of the molecule is C=C1NC(C)=C(C(=O)OCC)C(c2ccc(O)c(OC)c2)C1C(=O)OCC. The van der Waals surface area contributed by atoms with E-state index in [0.717, 1.165) is 0 Å². The Bertz CT molecular complexity index is 783. The third kappa shape index (κ3) is 4.07. The third-order valence-corrected chi connectivity index (χ3v) is 4.37. The Morgan fingerprint density at radius 3 is 2.48 bits per heavy atom. The van der Waals surface area contributed by atoms with Gasteiger partial charge in [-0.05, 0) is 38.5 Å². The molecule has 0 saturated heterocycles. The zero-order valence-corrected chi connectivity index (χ0v) is 16.0. The highest BCUT2D eigenvalue weighted by Gasteiger charge is 2.43. The summed E-state index contributed by atoms with van der Waals surface area (Å²) in [6.07, 6.45) is 0. The first-order valence-corrected chi connectivity index (χ1v) is 8.72. The van der Waals surface area contributed by atoms with Crippen LogP contribution in [0.5, 0.6) is 11.5 Å². The highest BCUT2D eigenvalue weighted by molar-refractivity contribution is 5.94. The van der Waals surface area contributed by atoms with Crippen LogP contribution in [0.4, 0.5) is 0 Å². The summed E-state index contributed by atoms with van der Waals surface area (Å²) in [6, 6.07) is 4.69. The van der Waals surface area contributed by atoms with E-state index < -0.39 is 23.8 Å². The van der Waals surface area contributed by atoms with E-state index in [1.807, 2.05) is 0 Å². The molecule has 0 bridgehead atoms. The Hall–Kier alpha value is -2.96. The van der Waals surface area contributed by atoms with Crippen molar-refractivity contribution in [1.82, 2.24) is 5.32 Å². The van der Waals surface area contributed by atoms with Gasteiger partial charge in [0, 0.05) is 17.3 Å². The average molecular weight is 375 g/mol. The summed E-state index contributed by atoms with van der Waals surface area (Å²) in [5.74, 6) is -2.35. The fourth-order valence-corrected chi connectivity index (χ4v) is 3.23. The van der Waals surface area contributed by atoms with Crippen LogP contribution in [0.3, 0.4) is 0 Å². The van der Waals surface area contributed by atoms with Crippen molar-refractivity contribution in [1.29, 1.82) is 0 Å². The Morgan fingerprint density at radius 2 is 1.89 bits per heavy atom. The predicted octanol–water partition coefficient (Wildman–Crippen LogP) is 2.62. The zero-order chi connectivity index (χ0) is 20.1. The molecule has 7 nitrogen and oxygen atoms in total. The molecule has 0 fully saturated rings. The van der Waals surface area contributed by atoms with E-state index in [1.54, 1.807) is 32.9 Å². The normalized spacial score (nSPS) is 19.3. The van der Waals surface area contributed by atoms with Gasteiger partial charge in [-0.1, -0.05) is 12.6 Å². The van der Waals surface area contributed by atoms with Gasteiger partial charge in [0.05, 0.1) is 25.9 Å². The molecule has 2 rings (SSSR count). The number of carbonyl (C=O) groups is 2. The Balaban J connectivity index is 2.66. The van der Waals surface area contributed by atoms with Crippen molar-refractivity contribution < 1.29 is 28.9 Å². The fourth-order valence-electron chi connectivity index (χ4n) is 3.23. The van der Waals surface area contributed by atoms with Crippen LogP contribution in [-0.4, -0.2) is 37.4 Å². The number of carbonyl (C=O) groups excluding carboxylic acids is 2. The van der Waals surface area contributed by atoms with Crippen molar-refractivity contribution in [2.75, 3.05) is 20.3 Å². The molecule has 7 heteroatoms. The number of ether oxygens (including phenoxy) is 3. The second-order valence-electron chi connectivity index (χ2n) is 6.05. The van der Waals surface area contributed by atoms with E-state index in [4.69, 9.17) is 14.2 Å². The van der Waals surface area contributed by atoms with Crippen LogP contribution >= 0.6 is 0 Å². The van der Waals surface area contributed by atoms with Crippen molar-refractivity contribution in [3.63, 3.8) is 0 Å². The van der Waals surface area contributed by atoms with E-state index in [-0.39, 0.29) is 24.7 Å². The topological polar surface area (TPSA) is 94.1 Å². The molecule has 1 aromatic rings. The summed E-state index contributed by atoms with van der Waals surface area (Å²) in [6.45, 7) is 9.50. The van der Waals surface area contributed by atoms with E-state index in [1.165, 1.54) is 13.2 Å². The lowest BCUT2D eigenvalue weighted by Crippen LogP contribution is -2.39. The molecule has 1 aliphatic rings. The number of benzene rings is 1. The molecule has 0 spiro atoms. The van der Waals surface area contributed by atoms with E-state index in [2.05, 4.69) is 11.9 Å². The maximum Gasteiger partial charge on any atom is 0.336 e. The van der Waals surface area contributed by atoms with Gasteiger partial charge in [-0.3, -0.25) is 4.79 Å². The van der Waals surface area contributed by atoms with Crippen molar-refractivity contribution in [3.8, 4) is 11.5 Å². The number of rotatable bonds is 6. The molecule has 1 aliphatic heterocycles. The predicted molar refractivity (Wildman–Crippen MR) is 99.1 cm³/mol. The van der Waals surface area contributed by atoms with Gasteiger partial charge in [0.2, 0.25) is 0 Å². The molecular weight excluding hydrogens is 350 g/mol. The summed E-state index contributed by atoms with van der Waals surface area (Å²) in [5.41, 5.74) is 1.90. The standard InChI is InChI=1S/C20H25NO6/c1-6-26-19(23)16-11(3)21-12(4)17(20(24)27-7-2)18(16)13-8-9-14(22)15(10-13)25-5/h8-10,16,18,21-22H,3,6-7H2,1-2,4-5H3. The molecule has 2 unspecified atom stereocenters. The van der Waals surface area contributed by atoms with Gasteiger partial charge in [0.15, 0.2) is 11.5 Å². The van der Waals surface area contributed by atoms with Crippen LogP contribution in [0.2, 0.25) is 0 Å². The van der Waals surface area contributed by atoms with E-state index in [0.29, 0.717) is 22.5 Å². The van der Waals surface area contributed by atoms with Gasteiger partial charge in [0.25, 0.3) is 0 Å². The Kier molecular flexibility index (Phi) is 6.50. The first kappa shape index (κ1) is 20.4. The van der Waals surface area contributed by atoms with Gasteiger partial charge >= 0.3 is 11.9 Å². The third-order valence-electron chi connectivity index (χ3n) is 4.37. The molecule has 1 heterocycles. The smallest absolute Gasteiger partial charge is 0.336 e. The number of phenols is 1. The summed E-state index contributed by atoms with van der Waals surface area (Å²) in [7, 11) is 1.43. The van der Waals surface area contributed by atoms with E-state index in [9.17, 15) is 14.7 Å². The second kappa shape index (κ2) is 8.62. The number of hydrogen-bond donors (Lipinski definition) is 2. The molecule has 0 saturated carbocycles. The van der Waals surface area contributed by atoms with Crippen molar-refractivity contribution in [2.45, 2.75) is 26.7 Å². The summed E-state index contributed by atoms with van der Waals surface area (Å²) in [5, 5.41) is 12.9. The van der Waals surface area contributed by atoms with Crippen LogP contribution in [-0.2, 0) is 19.1 Å². The molecular formula is C20H25NO6. The lowest BCUT2D eigenvalue weighted by molar-refractivity contribution is -0.147. The van der Waals surface area contributed by atoms with Crippen molar-refractivity contribution in [2.24, 2.45) is 5.92 Å². The zero-order valence-electron chi connectivity index (χ0n) is 16.0. The average Bonchev–Trinajstić information content (AvgIpc) is 2.61. The van der Waals surface area contributed by atoms with Crippen LogP contribution in [0.15, 0.2) is 41.7 Å². The number of phenolic OH excluding ortho intramolecular Hbond substituents is 1. The first-order chi connectivity index (χ1) is 12.8. The molecule has 146 valence electrons.